The van der Waals surface area contributed by atoms with Crippen LogP contribution in [0.25, 0.3) is 0 Å². The first-order chi connectivity index (χ1) is 16.0. The Morgan fingerprint density at radius 3 is 2.33 bits per heavy atom. The number of nitrogens with one attached hydrogen (secondary N) is 1. The average Bonchev–Trinajstić information content (AvgIpc) is 2.84. The van der Waals surface area contributed by atoms with Crippen LogP contribution < -0.4 is 9.46 Å². The van der Waals surface area contributed by atoms with Crippen LogP contribution in [-0.4, -0.2) is 38.4 Å². The van der Waals surface area contributed by atoms with Gasteiger partial charge in [-0.25, -0.2) is 8.42 Å². The molecule has 6 nitrogen and oxygen atoms in total. The maximum Gasteiger partial charge on any atom is 0.241 e. The van der Waals surface area contributed by atoms with E-state index in [4.69, 9.17) is 4.74 Å². The van der Waals surface area contributed by atoms with Crippen LogP contribution in [0.15, 0.2) is 83.8 Å². The highest BCUT2D eigenvalue weighted by Gasteiger charge is 2.31. The van der Waals surface area contributed by atoms with E-state index in [1.165, 1.54) is 17.7 Å². The molecule has 0 saturated heterocycles. The molecule has 33 heavy (non-hydrogen) atoms. The van der Waals surface area contributed by atoms with Gasteiger partial charge in [-0.3, -0.25) is 4.79 Å². The van der Waals surface area contributed by atoms with Crippen LogP contribution in [-0.2, 0) is 34.2 Å². The Kier molecular flexibility index (Phi) is 7.11. The van der Waals surface area contributed by atoms with E-state index in [-0.39, 0.29) is 17.2 Å². The molecular formula is C26H28N2O4S. The second-order valence-electron chi connectivity index (χ2n) is 8.05. The molecule has 1 heterocycles. The van der Waals surface area contributed by atoms with Crippen molar-refractivity contribution in [3.63, 3.8) is 0 Å². The summed E-state index contributed by atoms with van der Waals surface area (Å²) in [7, 11) is -3.91. The maximum absolute atomic E-state index is 13.5. The molecule has 0 spiro atoms. The smallest absolute Gasteiger partial charge is 0.241 e. The largest absolute Gasteiger partial charge is 0.494 e. The lowest BCUT2D eigenvalue weighted by Gasteiger charge is -2.32. The number of carbonyl (C=O) groups excluding carboxylic acids is 1. The maximum atomic E-state index is 13.5. The van der Waals surface area contributed by atoms with Crippen molar-refractivity contribution < 1.29 is 17.9 Å². The Morgan fingerprint density at radius 1 is 0.970 bits per heavy atom. The van der Waals surface area contributed by atoms with Crippen LogP contribution in [0.3, 0.4) is 0 Å². The van der Waals surface area contributed by atoms with Gasteiger partial charge in [-0.05, 0) is 60.7 Å². The summed E-state index contributed by atoms with van der Waals surface area (Å²) in [6.45, 7) is 3.40. The zero-order valence-electron chi connectivity index (χ0n) is 18.6. The van der Waals surface area contributed by atoms with Gasteiger partial charge in [-0.1, -0.05) is 54.6 Å². The number of amides is 1. The third kappa shape index (κ3) is 5.61. The number of hydrogen-bond acceptors (Lipinski definition) is 4. The third-order valence-electron chi connectivity index (χ3n) is 5.77. The topological polar surface area (TPSA) is 75.7 Å². The van der Waals surface area contributed by atoms with Gasteiger partial charge < -0.3 is 9.64 Å². The van der Waals surface area contributed by atoms with Gasteiger partial charge in [0.15, 0.2) is 0 Å². The number of carbonyl (C=O) groups is 1. The molecule has 0 bridgehead atoms. The molecule has 1 amide bonds. The van der Waals surface area contributed by atoms with Crippen LogP contribution in [0.1, 0.15) is 23.6 Å². The minimum atomic E-state index is -3.91. The number of rotatable bonds is 8. The zero-order chi connectivity index (χ0) is 23.3. The molecular weight excluding hydrogens is 436 g/mol. The summed E-state index contributed by atoms with van der Waals surface area (Å²) in [5, 5.41) is 0. The first kappa shape index (κ1) is 23.0. The molecule has 0 aromatic heterocycles. The van der Waals surface area contributed by atoms with Crippen LogP contribution >= 0.6 is 0 Å². The SMILES string of the molecule is CCOc1ccc(S(=O)(=O)NC(Cc2ccccc2)C(=O)N2CCc3ccccc3C2)cc1. The summed E-state index contributed by atoms with van der Waals surface area (Å²) in [5.41, 5.74) is 3.23. The molecule has 7 heteroatoms. The van der Waals surface area contributed by atoms with E-state index in [0.717, 1.165) is 17.5 Å². The van der Waals surface area contributed by atoms with E-state index >= 15 is 0 Å². The average molecular weight is 465 g/mol. The van der Waals surface area contributed by atoms with Gasteiger partial charge >= 0.3 is 0 Å². The lowest BCUT2D eigenvalue weighted by Crippen LogP contribution is -2.50. The number of fused-ring (bicyclic) bond motifs is 1. The zero-order valence-corrected chi connectivity index (χ0v) is 19.4. The molecule has 0 radical (unpaired) electrons. The highest BCUT2D eigenvalue weighted by molar-refractivity contribution is 7.89. The van der Waals surface area contributed by atoms with Crippen molar-refractivity contribution in [1.82, 2.24) is 9.62 Å². The minimum absolute atomic E-state index is 0.0980. The van der Waals surface area contributed by atoms with Crippen LogP contribution in [0.2, 0.25) is 0 Å². The third-order valence-corrected chi connectivity index (χ3v) is 7.25. The van der Waals surface area contributed by atoms with Crippen molar-refractivity contribution in [2.24, 2.45) is 0 Å². The monoisotopic (exact) mass is 464 g/mol. The molecule has 1 atom stereocenters. The molecule has 172 valence electrons. The van der Waals surface area contributed by atoms with E-state index in [0.29, 0.717) is 25.4 Å². The van der Waals surface area contributed by atoms with Gasteiger partial charge in [0.05, 0.1) is 11.5 Å². The minimum Gasteiger partial charge on any atom is -0.494 e. The van der Waals surface area contributed by atoms with E-state index < -0.39 is 16.1 Å². The van der Waals surface area contributed by atoms with Crippen LogP contribution in [0.4, 0.5) is 0 Å². The number of hydrogen-bond donors (Lipinski definition) is 1. The van der Waals surface area contributed by atoms with Crippen molar-refractivity contribution in [3.8, 4) is 5.75 Å². The molecule has 0 saturated carbocycles. The highest BCUT2D eigenvalue weighted by Crippen LogP contribution is 2.21. The summed E-state index contributed by atoms with van der Waals surface area (Å²) in [5.74, 6) is 0.378. The van der Waals surface area contributed by atoms with E-state index in [2.05, 4.69) is 10.8 Å². The quantitative estimate of drug-likeness (QED) is 0.553. The van der Waals surface area contributed by atoms with Gasteiger partial charge in [0, 0.05) is 13.1 Å². The number of sulfonamides is 1. The second kappa shape index (κ2) is 10.2. The Labute approximate surface area is 195 Å². The van der Waals surface area contributed by atoms with Crippen molar-refractivity contribution in [3.05, 3.63) is 95.6 Å². The molecule has 3 aromatic carbocycles. The van der Waals surface area contributed by atoms with Crippen molar-refractivity contribution >= 4 is 15.9 Å². The van der Waals surface area contributed by atoms with Crippen molar-refractivity contribution in [2.75, 3.05) is 13.2 Å². The van der Waals surface area contributed by atoms with Crippen LogP contribution in [0.5, 0.6) is 5.75 Å². The Balaban J connectivity index is 1.57. The fourth-order valence-electron chi connectivity index (χ4n) is 4.07. The summed E-state index contributed by atoms with van der Waals surface area (Å²) in [6, 6.07) is 22.8. The van der Waals surface area contributed by atoms with E-state index in [1.807, 2.05) is 55.5 Å². The highest BCUT2D eigenvalue weighted by atomic mass is 32.2. The molecule has 1 unspecified atom stereocenters. The molecule has 3 aromatic rings. The first-order valence-electron chi connectivity index (χ1n) is 11.1. The first-order valence-corrected chi connectivity index (χ1v) is 12.6. The fourth-order valence-corrected chi connectivity index (χ4v) is 5.26. The van der Waals surface area contributed by atoms with Gasteiger partial charge in [0.2, 0.25) is 15.9 Å². The number of benzene rings is 3. The van der Waals surface area contributed by atoms with Gasteiger partial charge in [-0.2, -0.15) is 4.72 Å². The normalized spacial score (nSPS) is 14.4. The Bertz CT molecular complexity index is 1190. The molecule has 0 aliphatic carbocycles. The second-order valence-corrected chi connectivity index (χ2v) is 9.76. The predicted octanol–water partition coefficient (Wildman–Crippen LogP) is 3.56. The fraction of sp³-hybridized carbons (Fsp3) is 0.269. The number of nitrogens with zero attached hydrogens (tertiary/aromatic N) is 1. The molecule has 0 fully saturated rings. The van der Waals surface area contributed by atoms with Gasteiger partial charge in [0.25, 0.3) is 0 Å². The predicted molar refractivity (Wildman–Crippen MR) is 127 cm³/mol. The summed E-state index contributed by atoms with van der Waals surface area (Å²) < 4.78 is 34.4. The van der Waals surface area contributed by atoms with Crippen LogP contribution in [0, 0.1) is 0 Å². The summed E-state index contributed by atoms with van der Waals surface area (Å²) >= 11 is 0. The Hall–Kier alpha value is -3.16. The standard InChI is InChI=1S/C26H28N2O4S/c1-2-32-23-12-14-24(15-13-23)33(30,31)27-25(18-20-8-4-3-5-9-20)26(29)28-17-16-21-10-6-7-11-22(21)19-28/h3-15,25,27H,2,16-19H2,1H3. The van der Waals surface area contributed by atoms with Crippen molar-refractivity contribution in [1.29, 1.82) is 0 Å². The molecule has 4 rings (SSSR count). The van der Waals surface area contributed by atoms with Crippen molar-refractivity contribution in [2.45, 2.75) is 37.2 Å². The van der Waals surface area contributed by atoms with Gasteiger partial charge in [-0.15, -0.1) is 0 Å². The van der Waals surface area contributed by atoms with E-state index in [1.54, 1.807) is 17.0 Å². The number of ether oxygens (including phenoxy) is 1. The Morgan fingerprint density at radius 2 is 1.64 bits per heavy atom. The lowest BCUT2D eigenvalue weighted by atomic mass is 9.98. The molecule has 1 aliphatic heterocycles. The molecule has 1 N–H and O–H groups in total. The lowest BCUT2D eigenvalue weighted by molar-refractivity contribution is -0.133. The summed E-state index contributed by atoms with van der Waals surface area (Å²) in [6.07, 6.45) is 1.03. The molecule has 1 aliphatic rings. The van der Waals surface area contributed by atoms with E-state index in [9.17, 15) is 13.2 Å². The van der Waals surface area contributed by atoms with Gasteiger partial charge in [0.1, 0.15) is 11.8 Å². The summed E-state index contributed by atoms with van der Waals surface area (Å²) in [4.78, 5) is 15.4.